The summed E-state index contributed by atoms with van der Waals surface area (Å²) < 4.78 is 63.0. The average Bonchev–Trinajstić information content (AvgIpc) is 2.75. The standard InChI is InChI=1S/C21H13ClF4N2O6/c22-15-7-11(21(24,25)26)8-16(23)20(15)34-14-5-6-18(28(31)32)17(9-14)27-12-1-3-13(4-2-12)33-10-19(29)30/h1-9,27H,10H2,(H,29,30). The van der Waals surface area contributed by atoms with Crippen LogP contribution in [0.4, 0.5) is 34.6 Å². The number of hydrogen-bond donors (Lipinski definition) is 2. The summed E-state index contributed by atoms with van der Waals surface area (Å²) in [5.41, 5.74) is -1.41. The number of nitro benzene ring substituents is 1. The molecule has 3 rings (SSSR count). The Balaban J connectivity index is 1.87. The van der Waals surface area contributed by atoms with E-state index in [2.05, 4.69) is 5.32 Å². The van der Waals surface area contributed by atoms with Crippen LogP contribution in [0, 0.1) is 15.9 Å². The molecule has 0 saturated carbocycles. The summed E-state index contributed by atoms with van der Waals surface area (Å²) in [4.78, 5) is 21.2. The smallest absolute Gasteiger partial charge is 0.416 e. The number of anilines is 2. The highest BCUT2D eigenvalue weighted by Crippen LogP contribution is 2.40. The molecule has 34 heavy (non-hydrogen) atoms. The van der Waals surface area contributed by atoms with Crippen molar-refractivity contribution in [3.8, 4) is 17.2 Å². The molecule has 2 N–H and O–H groups in total. The molecule has 13 heteroatoms. The summed E-state index contributed by atoms with van der Waals surface area (Å²) in [5.74, 6) is -3.12. The van der Waals surface area contributed by atoms with Crippen LogP contribution in [0.3, 0.4) is 0 Å². The third kappa shape index (κ3) is 6.04. The van der Waals surface area contributed by atoms with Crippen molar-refractivity contribution >= 4 is 34.6 Å². The molecule has 0 fully saturated rings. The molecule has 0 radical (unpaired) electrons. The molecular weight excluding hydrogens is 488 g/mol. The monoisotopic (exact) mass is 500 g/mol. The average molecular weight is 501 g/mol. The Kier molecular flexibility index (Phi) is 7.11. The third-order valence-electron chi connectivity index (χ3n) is 4.21. The van der Waals surface area contributed by atoms with Crippen LogP contribution in [0.25, 0.3) is 0 Å². The maximum Gasteiger partial charge on any atom is 0.416 e. The molecule has 0 aliphatic carbocycles. The molecule has 0 aromatic heterocycles. The Bertz CT molecular complexity index is 1210. The summed E-state index contributed by atoms with van der Waals surface area (Å²) in [6, 6.07) is 9.81. The van der Waals surface area contributed by atoms with Crippen molar-refractivity contribution in [2.45, 2.75) is 6.18 Å². The molecule has 8 nitrogen and oxygen atoms in total. The lowest BCUT2D eigenvalue weighted by Gasteiger charge is -2.14. The predicted molar refractivity (Wildman–Crippen MR) is 112 cm³/mol. The molecule has 0 spiro atoms. The number of carboxylic acids is 1. The van der Waals surface area contributed by atoms with E-state index >= 15 is 0 Å². The van der Waals surface area contributed by atoms with E-state index in [1.807, 2.05) is 0 Å². The summed E-state index contributed by atoms with van der Waals surface area (Å²) in [6.07, 6.45) is -4.82. The fourth-order valence-corrected chi connectivity index (χ4v) is 2.96. The summed E-state index contributed by atoms with van der Waals surface area (Å²) in [6.45, 7) is -0.555. The highest BCUT2D eigenvalue weighted by Gasteiger charge is 2.32. The minimum atomic E-state index is -4.82. The van der Waals surface area contributed by atoms with Gasteiger partial charge in [0, 0.05) is 17.8 Å². The van der Waals surface area contributed by atoms with Gasteiger partial charge in [0.15, 0.2) is 18.2 Å². The molecule has 0 aliphatic heterocycles. The van der Waals surface area contributed by atoms with E-state index in [0.717, 1.165) is 18.2 Å². The Morgan fingerprint density at radius 2 is 1.74 bits per heavy atom. The first-order chi connectivity index (χ1) is 15.9. The fraction of sp³-hybridized carbons (Fsp3) is 0.0952. The maximum atomic E-state index is 14.3. The number of ether oxygens (including phenoxy) is 2. The second-order valence-electron chi connectivity index (χ2n) is 6.64. The zero-order valence-corrected chi connectivity index (χ0v) is 17.5. The first-order valence-corrected chi connectivity index (χ1v) is 9.56. The van der Waals surface area contributed by atoms with Crippen LogP contribution in [0.2, 0.25) is 5.02 Å². The number of nitro groups is 1. The molecule has 0 saturated heterocycles. The van der Waals surface area contributed by atoms with Gasteiger partial charge in [-0.15, -0.1) is 0 Å². The van der Waals surface area contributed by atoms with Gasteiger partial charge in [0.2, 0.25) is 0 Å². The lowest BCUT2D eigenvalue weighted by Crippen LogP contribution is -2.09. The van der Waals surface area contributed by atoms with Crippen LogP contribution in [0.5, 0.6) is 17.2 Å². The van der Waals surface area contributed by atoms with Gasteiger partial charge in [0.05, 0.1) is 15.5 Å². The second-order valence-corrected chi connectivity index (χ2v) is 7.04. The number of alkyl halides is 3. The van der Waals surface area contributed by atoms with Gasteiger partial charge in [-0.3, -0.25) is 10.1 Å². The van der Waals surface area contributed by atoms with E-state index in [1.54, 1.807) is 0 Å². The topological polar surface area (TPSA) is 111 Å². The maximum absolute atomic E-state index is 14.3. The predicted octanol–water partition coefficient (Wildman–Crippen LogP) is 6.41. The van der Waals surface area contributed by atoms with Crippen LogP contribution in [0.1, 0.15) is 5.56 Å². The largest absolute Gasteiger partial charge is 0.482 e. The minimum Gasteiger partial charge on any atom is -0.482 e. The molecule has 0 aliphatic rings. The lowest BCUT2D eigenvalue weighted by molar-refractivity contribution is -0.383. The van der Waals surface area contributed by atoms with Gasteiger partial charge in [-0.1, -0.05) is 11.6 Å². The van der Waals surface area contributed by atoms with Gasteiger partial charge in [-0.25, -0.2) is 9.18 Å². The third-order valence-corrected chi connectivity index (χ3v) is 4.49. The highest BCUT2D eigenvalue weighted by molar-refractivity contribution is 6.32. The number of carboxylic acid groups (broad SMARTS) is 1. The van der Waals surface area contributed by atoms with E-state index in [-0.39, 0.29) is 28.9 Å². The Morgan fingerprint density at radius 1 is 1.09 bits per heavy atom. The van der Waals surface area contributed by atoms with E-state index in [9.17, 15) is 32.5 Å². The van der Waals surface area contributed by atoms with E-state index < -0.39 is 45.8 Å². The lowest BCUT2D eigenvalue weighted by atomic mass is 10.2. The second kappa shape index (κ2) is 9.83. The number of hydrogen-bond acceptors (Lipinski definition) is 6. The van der Waals surface area contributed by atoms with Crippen molar-refractivity contribution in [1.82, 2.24) is 0 Å². The van der Waals surface area contributed by atoms with Crippen LogP contribution in [0.15, 0.2) is 54.6 Å². The molecule has 0 unspecified atom stereocenters. The molecule has 3 aromatic rings. The summed E-state index contributed by atoms with van der Waals surface area (Å²) in [7, 11) is 0. The van der Waals surface area contributed by atoms with Crippen LogP contribution in [-0.2, 0) is 11.0 Å². The first-order valence-electron chi connectivity index (χ1n) is 9.18. The van der Waals surface area contributed by atoms with Crippen molar-refractivity contribution in [1.29, 1.82) is 0 Å². The number of benzene rings is 3. The van der Waals surface area contributed by atoms with Crippen molar-refractivity contribution in [2.24, 2.45) is 0 Å². The number of rotatable bonds is 8. The Morgan fingerprint density at radius 3 is 2.29 bits per heavy atom. The van der Waals surface area contributed by atoms with Gasteiger partial charge < -0.3 is 19.9 Å². The molecular formula is C21H13ClF4N2O6. The fourth-order valence-electron chi connectivity index (χ4n) is 2.71. The Hall–Kier alpha value is -4.06. The van der Waals surface area contributed by atoms with Crippen LogP contribution < -0.4 is 14.8 Å². The summed E-state index contributed by atoms with van der Waals surface area (Å²) >= 11 is 5.76. The first kappa shape index (κ1) is 24.6. The quantitative estimate of drug-likeness (QED) is 0.209. The Labute approximate surface area is 193 Å². The zero-order chi connectivity index (χ0) is 25.0. The molecule has 0 heterocycles. The zero-order valence-electron chi connectivity index (χ0n) is 16.7. The van der Waals surface area contributed by atoms with Crippen molar-refractivity contribution in [3.63, 3.8) is 0 Å². The van der Waals surface area contributed by atoms with Gasteiger partial charge in [-0.05, 0) is 42.5 Å². The normalized spacial score (nSPS) is 11.1. The molecule has 0 amide bonds. The van der Waals surface area contributed by atoms with E-state index in [1.165, 1.54) is 24.3 Å². The molecule has 0 atom stereocenters. The summed E-state index contributed by atoms with van der Waals surface area (Å²) in [5, 5.41) is 22.1. The van der Waals surface area contributed by atoms with Crippen molar-refractivity contribution in [3.05, 3.63) is 81.1 Å². The van der Waals surface area contributed by atoms with Gasteiger partial charge in [0.25, 0.3) is 5.69 Å². The van der Waals surface area contributed by atoms with Gasteiger partial charge in [-0.2, -0.15) is 13.2 Å². The minimum absolute atomic E-state index is 0.0786. The molecule has 178 valence electrons. The number of nitrogens with zero attached hydrogens (tertiary/aromatic N) is 1. The molecule has 3 aromatic carbocycles. The van der Waals surface area contributed by atoms with E-state index in [4.69, 9.17) is 26.2 Å². The SMILES string of the molecule is O=C(O)COc1ccc(Nc2cc(Oc3c(F)cc(C(F)(F)F)cc3Cl)ccc2[N+](=O)[O-])cc1. The van der Waals surface area contributed by atoms with Crippen LogP contribution in [-0.4, -0.2) is 22.6 Å². The van der Waals surface area contributed by atoms with Gasteiger partial charge >= 0.3 is 12.1 Å². The van der Waals surface area contributed by atoms with Crippen LogP contribution >= 0.6 is 11.6 Å². The van der Waals surface area contributed by atoms with E-state index in [0.29, 0.717) is 11.8 Å². The molecule has 0 bridgehead atoms. The van der Waals surface area contributed by atoms with Crippen molar-refractivity contribution < 1.29 is 41.9 Å². The highest BCUT2D eigenvalue weighted by atomic mass is 35.5. The number of nitrogens with one attached hydrogen (secondary N) is 1. The van der Waals surface area contributed by atoms with Gasteiger partial charge in [0.1, 0.15) is 17.2 Å². The number of aliphatic carboxylic acids is 1. The van der Waals surface area contributed by atoms with Crippen molar-refractivity contribution in [2.75, 3.05) is 11.9 Å². The number of carbonyl (C=O) groups is 1. The number of halogens is 5.